The van der Waals surface area contributed by atoms with Crippen LogP contribution < -0.4 is 10.2 Å². The third-order valence-electron chi connectivity index (χ3n) is 4.31. The predicted octanol–water partition coefficient (Wildman–Crippen LogP) is 0.712. The summed E-state index contributed by atoms with van der Waals surface area (Å²) in [4.78, 5) is 9.34. The van der Waals surface area contributed by atoms with Gasteiger partial charge in [0.05, 0.1) is 13.2 Å². The van der Waals surface area contributed by atoms with Crippen LogP contribution in [-0.2, 0) is 11.3 Å². The fourth-order valence-electron chi connectivity index (χ4n) is 3.26. The van der Waals surface area contributed by atoms with E-state index in [-0.39, 0.29) is 0 Å². The van der Waals surface area contributed by atoms with Crippen LogP contribution in [0.2, 0.25) is 0 Å². The van der Waals surface area contributed by atoms with Crippen molar-refractivity contribution in [2.75, 3.05) is 51.3 Å². The zero-order valence-electron chi connectivity index (χ0n) is 12.2. The molecule has 2 fully saturated rings. The zero-order chi connectivity index (χ0) is 13.8. The summed E-state index contributed by atoms with van der Waals surface area (Å²) in [6.45, 7) is 7.08. The first-order valence-electron chi connectivity index (χ1n) is 7.52. The standard InChI is InChI=1S/C15H24N4O/c1-16-10-13-11-17-4-2-15(13)19-5-3-14(12-19)18-6-8-20-9-7-18/h2,4,11,14,16H,3,5-10,12H2,1H3. The van der Waals surface area contributed by atoms with E-state index >= 15 is 0 Å². The lowest BCUT2D eigenvalue weighted by molar-refractivity contribution is 0.0209. The van der Waals surface area contributed by atoms with Crippen LogP contribution in [0.4, 0.5) is 5.69 Å². The molecule has 5 heteroatoms. The Balaban J connectivity index is 1.67. The van der Waals surface area contributed by atoms with Gasteiger partial charge in [-0.25, -0.2) is 0 Å². The molecule has 5 nitrogen and oxygen atoms in total. The largest absolute Gasteiger partial charge is 0.379 e. The summed E-state index contributed by atoms with van der Waals surface area (Å²) >= 11 is 0. The number of nitrogens with one attached hydrogen (secondary N) is 1. The van der Waals surface area contributed by atoms with E-state index in [9.17, 15) is 0 Å². The highest BCUT2D eigenvalue weighted by atomic mass is 16.5. The molecule has 3 heterocycles. The zero-order valence-corrected chi connectivity index (χ0v) is 12.2. The normalized spacial score (nSPS) is 24.2. The second-order valence-electron chi connectivity index (χ2n) is 5.57. The minimum absolute atomic E-state index is 0.675. The van der Waals surface area contributed by atoms with Crippen LogP contribution in [0.5, 0.6) is 0 Å². The van der Waals surface area contributed by atoms with Gasteiger partial charge in [-0.1, -0.05) is 0 Å². The topological polar surface area (TPSA) is 40.6 Å². The molecule has 1 N–H and O–H groups in total. The fourth-order valence-corrected chi connectivity index (χ4v) is 3.26. The van der Waals surface area contributed by atoms with Gasteiger partial charge in [-0.3, -0.25) is 9.88 Å². The Morgan fingerprint density at radius 1 is 1.35 bits per heavy atom. The molecular weight excluding hydrogens is 252 g/mol. The summed E-state index contributed by atoms with van der Waals surface area (Å²) in [5.41, 5.74) is 2.63. The molecule has 3 rings (SSSR count). The Morgan fingerprint density at radius 2 is 2.20 bits per heavy atom. The maximum Gasteiger partial charge on any atom is 0.0594 e. The molecule has 110 valence electrons. The average Bonchev–Trinajstić information content (AvgIpc) is 2.99. The van der Waals surface area contributed by atoms with E-state index in [0.717, 1.165) is 45.9 Å². The molecule has 2 aliphatic heterocycles. The number of hydrogen-bond acceptors (Lipinski definition) is 5. The Labute approximate surface area is 120 Å². The van der Waals surface area contributed by atoms with Gasteiger partial charge < -0.3 is 15.0 Å². The fraction of sp³-hybridized carbons (Fsp3) is 0.667. The number of hydrogen-bond donors (Lipinski definition) is 1. The number of aromatic nitrogens is 1. The first-order chi connectivity index (χ1) is 9.88. The summed E-state index contributed by atoms with van der Waals surface area (Å²) in [7, 11) is 1.98. The molecule has 0 aliphatic carbocycles. The second kappa shape index (κ2) is 6.52. The van der Waals surface area contributed by atoms with Gasteiger partial charge in [0.15, 0.2) is 0 Å². The van der Waals surface area contributed by atoms with Gasteiger partial charge >= 0.3 is 0 Å². The van der Waals surface area contributed by atoms with Crippen molar-refractivity contribution < 1.29 is 4.74 Å². The lowest BCUT2D eigenvalue weighted by Crippen LogP contribution is -2.44. The Hall–Kier alpha value is -1.17. The maximum absolute atomic E-state index is 5.45. The number of pyridine rings is 1. The molecule has 0 amide bonds. The molecule has 0 spiro atoms. The first kappa shape index (κ1) is 13.8. The van der Waals surface area contributed by atoms with Gasteiger partial charge in [0.2, 0.25) is 0 Å². The van der Waals surface area contributed by atoms with E-state index in [1.54, 1.807) is 0 Å². The summed E-state index contributed by atoms with van der Waals surface area (Å²) in [6, 6.07) is 2.82. The third kappa shape index (κ3) is 2.95. The lowest BCUT2D eigenvalue weighted by atomic mass is 10.2. The van der Waals surface area contributed by atoms with Crippen LogP contribution in [0.25, 0.3) is 0 Å². The van der Waals surface area contributed by atoms with Crippen LogP contribution in [-0.4, -0.2) is 62.4 Å². The molecule has 0 aromatic carbocycles. The Morgan fingerprint density at radius 3 is 3.00 bits per heavy atom. The number of rotatable bonds is 4. The highest BCUT2D eigenvalue weighted by molar-refractivity contribution is 5.53. The molecule has 0 saturated carbocycles. The van der Waals surface area contributed by atoms with E-state index in [1.165, 1.54) is 17.7 Å². The van der Waals surface area contributed by atoms with Crippen LogP contribution in [0.3, 0.4) is 0 Å². The van der Waals surface area contributed by atoms with Crippen molar-refractivity contribution >= 4 is 5.69 Å². The first-order valence-corrected chi connectivity index (χ1v) is 7.52. The number of nitrogens with zero attached hydrogens (tertiary/aromatic N) is 3. The van der Waals surface area contributed by atoms with Crippen molar-refractivity contribution in [3.05, 3.63) is 24.0 Å². The van der Waals surface area contributed by atoms with Crippen LogP contribution in [0, 0.1) is 0 Å². The van der Waals surface area contributed by atoms with Crippen molar-refractivity contribution in [2.45, 2.75) is 19.0 Å². The van der Waals surface area contributed by atoms with E-state index in [4.69, 9.17) is 4.74 Å². The molecule has 2 aliphatic rings. The van der Waals surface area contributed by atoms with Crippen LogP contribution in [0.1, 0.15) is 12.0 Å². The van der Waals surface area contributed by atoms with Crippen molar-refractivity contribution in [3.8, 4) is 0 Å². The van der Waals surface area contributed by atoms with Crippen molar-refractivity contribution in [1.29, 1.82) is 0 Å². The van der Waals surface area contributed by atoms with Crippen molar-refractivity contribution in [1.82, 2.24) is 15.2 Å². The molecule has 1 aromatic rings. The molecule has 1 atom stereocenters. The van der Waals surface area contributed by atoms with E-state index in [0.29, 0.717) is 6.04 Å². The molecule has 0 bridgehead atoms. The van der Waals surface area contributed by atoms with Crippen molar-refractivity contribution in [3.63, 3.8) is 0 Å². The monoisotopic (exact) mass is 276 g/mol. The SMILES string of the molecule is CNCc1cnccc1N1CCC(N2CCOCC2)C1. The molecular formula is C15H24N4O. The van der Waals surface area contributed by atoms with E-state index in [1.807, 2.05) is 19.4 Å². The van der Waals surface area contributed by atoms with Crippen LogP contribution in [0.15, 0.2) is 18.5 Å². The quantitative estimate of drug-likeness (QED) is 0.877. The van der Waals surface area contributed by atoms with Crippen LogP contribution >= 0.6 is 0 Å². The Bertz CT molecular complexity index is 434. The highest BCUT2D eigenvalue weighted by Crippen LogP contribution is 2.26. The second-order valence-corrected chi connectivity index (χ2v) is 5.57. The van der Waals surface area contributed by atoms with Gasteiger partial charge in [-0.05, 0) is 19.5 Å². The summed E-state index contributed by atoms with van der Waals surface area (Å²) < 4.78 is 5.45. The smallest absolute Gasteiger partial charge is 0.0594 e. The summed E-state index contributed by atoms with van der Waals surface area (Å²) in [6.07, 6.45) is 5.13. The average molecular weight is 276 g/mol. The van der Waals surface area contributed by atoms with E-state index < -0.39 is 0 Å². The van der Waals surface area contributed by atoms with Gasteiger partial charge in [0, 0.05) is 62.4 Å². The molecule has 2 saturated heterocycles. The van der Waals surface area contributed by atoms with Gasteiger partial charge in [-0.2, -0.15) is 0 Å². The van der Waals surface area contributed by atoms with Gasteiger partial charge in [0.1, 0.15) is 0 Å². The number of anilines is 1. The summed E-state index contributed by atoms with van der Waals surface area (Å²) in [5.74, 6) is 0. The minimum Gasteiger partial charge on any atom is -0.379 e. The lowest BCUT2D eigenvalue weighted by Gasteiger charge is -2.32. The third-order valence-corrected chi connectivity index (χ3v) is 4.31. The summed E-state index contributed by atoms with van der Waals surface area (Å²) in [5, 5.41) is 3.23. The van der Waals surface area contributed by atoms with Crippen molar-refractivity contribution in [2.24, 2.45) is 0 Å². The Kier molecular flexibility index (Phi) is 4.50. The number of morpholine rings is 1. The maximum atomic E-state index is 5.45. The minimum atomic E-state index is 0.675. The molecule has 1 unspecified atom stereocenters. The molecule has 1 aromatic heterocycles. The van der Waals surface area contributed by atoms with Gasteiger partial charge in [0.25, 0.3) is 0 Å². The number of ether oxygens (including phenoxy) is 1. The van der Waals surface area contributed by atoms with Gasteiger partial charge in [-0.15, -0.1) is 0 Å². The highest BCUT2D eigenvalue weighted by Gasteiger charge is 2.29. The van der Waals surface area contributed by atoms with E-state index in [2.05, 4.69) is 26.2 Å². The molecule has 0 radical (unpaired) electrons. The molecule has 20 heavy (non-hydrogen) atoms. The predicted molar refractivity (Wildman–Crippen MR) is 80.0 cm³/mol.